The SMILES string of the molecule is CC(C)c1oc(C(=O)O)c(C(=O)O)c1C(=O)O. The van der Waals surface area contributed by atoms with E-state index in [-0.39, 0.29) is 5.76 Å². The van der Waals surface area contributed by atoms with Crippen molar-refractivity contribution in [2.45, 2.75) is 19.8 Å². The number of aromatic carboxylic acids is 3. The molecule has 92 valence electrons. The minimum absolute atomic E-state index is 0.160. The molecule has 0 unspecified atom stereocenters. The first-order valence-corrected chi connectivity index (χ1v) is 4.63. The lowest BCUT2D eigenvalue weighted by Gasteiger charge is -2.01. The first kappa shape index (κ1) is 12.8. The maximum Gasteiger partial charge on any atom is 0.372 e. The summed E-state index contributed by atoms with van der Waals surface area (Å²) in [4.78, 5) is 32.7. The third kappa shape index (κ3) is 2.12. The molecule has 1 rings (SSSR count). The van der Waals surface area contributed by atoms with Crippen LogP contribution in [0.25, 0.3) is 0 Å². The van der Waals surface area contributed by atoms with Crippen molar-refractivity contribution in [3.63, 3.8) is 0 Å². The topological polar surface area (TPSA) is 125 Å². The van der Waals surface area contributed by atoms with Crippen LogP contribution in [0.3, 0.4) is 0 Å². The molecule has 0 saturated carbocycles. The largest absolute Gasteiger partial charge is 0.478 e. The molecule has 0 aliphatic heterocycles. The second kappa shape index (κ2) is 4.28. The van der Waals surface area contributed by atoms with Crippen LogP contribution >= 0.6 is 0 Å². The number of carbonyl (C=O) groups is 3. The van der Waals surface area contributed by atoms with Crippen LogP contribution in [0, 0.1) is 0 Å². The normalized spacial score (nSPS) is 10.5. The van der Waals surface area contributed by atoms with E-state index in [4.69, 9.17) is 19.7 Å². The average Bonchev–Trinajstić information content (AvgIpc) is 2.56. The second-order valence-electron chi connectivity index (χ2n) is 3.62. The molecule has 0 amide bonds. The van der Waals surface area contributed by atoms with Crippen molar-refractivity contribution < 1.29 is 34.1 Å². The molecule has 0 atom stereocenters. The van der Waals surface area contributed by atoms with E-state index in [0.29, 0.717) is 0 Å². The Morgan fingerprint density at radius 2 is 1.41 bits per heavy atom. The van der Waals surface area contributed by atoms with Crippen LogP contribution in [0.5, 0.6) is 0 Å². The molecule has 0 aliphatic carbocycles. The molecule has 0 aromatic carbocycles. The van der Waals surface area contributed by atoms with Crippen molar-refractivity contribution in [2.24, 2.45) is 0 Å². The van der Waals surface area contributed by atoms with E-state index in [1.165, 1.54) is 0 Å². The first-order valence-electron chi connectivity index (χ1n) is 4.63. The van der Waals surface area contributed by atoms with E-state index in [0.717, 1.165) is 0 Å². The van der Waals surface area contributed by atoms with Gasteiger partial charge in [0, 0.05) is 5.92 Å². The molecule has 0 saturated heterocycles. The standard InChI is InChI=1S/C10H10O7/c1-3(2)6-4(8(11)12)5(9(13)14)7(17-6)10(15)16/h3H,1-2H3,(H,11,12)(H,13,14)(H,15,16). The van der Waals surface area contributed by atoms with Crippen molar-refractivity contribution >= 4 is 17.9 Å². The number of furan rings is 1. The minimum atomic E-state index is -1.64. The Kier molecular flexibility index (Phi) is 3.21. The molecule has 0 bridgehead atoms. The van der Waals surface area contributed by atoms with Crippen molar-refractivity contribution in [2.75, 3.05) is 0 Å². The van der Waals surface area contributed by atoms with E-state index in [1.54, 1.807) is 13.8 Å². The van der Waals surface area contributed by atoms with Crippen molar-refractivity contribution in [1.82, 2.24) is 0 Å². The monoisotopic (exact) mass is 242 g/mol. The molecule has 0 radical (unpaired) electrons. The van der Waals surface area contributed by atoms with Crippen molar-refractivity contribution in [3.05, 3.63) is 22.6 Å². The van der Waals surface area contributed by atoms with Gasteiger partial charge in [-0.05, 0) is 0 Å². The molecule has 7 nitrogen and oxygen atoms in total. The lowest BCUT2D eigenvalue weighted by molar-refractivity contribution is 0.0620. The van der Waals surface area contributed by atoms with E-state index < -0.39 is 40.7 Å². The summed E-state index contributed by atoms with van der Waals surface area (Å²) in [5, 5.41) is 26.5. The predicted octanol–water partition coefficient (Wildman–Crippen LogP) is 1.50. The number of hydrogen-bond acceptors (Lipinski definition) is 4. The van der Waals surface area contributed by atoms with E-state index >= 15 is 0 Å². The van der Waals surface area contributed by atoms with Gasteiger partial charge in [-0.25, -0.2) is 14.4 Å². The first-order chi connectivity index (χ1) is 7.77. The van der Waals surface area contributed by atoms with Gasteiger partial charge in [0.15, 0.2) is 0 Å². The smallest absolute Gasteiger partial charge is 0.372 e. The maximum atomic E-state index is 11.0. The van der Waals surface area contributed by atoms with E-state index in [2.05, 4.69) is 0 Å². The van der Waals surface area contributed by atoms with Gasteiger partial charge in [-0.15, -0.1) is 0 Å². The molecule has 17 heavy (non-hydrogen) atoms. The molecule has 1 aromatic heterocycles. The summed E-state index contributed by atoms with van der Waals surface area (Å²) in [6.07, 6.45) is 0. The summed E-state index contributed by atoms with van der Waals surface area (Å²) in [6.45, 7) is 3.14. The summed E-state index contributed by atoms with van der Waals surface area (Å²) >= 11 is 0. The van der Waals surface area contributed by atoms with Gasteiger partial charge >= 0.3 is 17.9 Å². The zero-order valence-electron chi connectivity index (χ0n) is 9.05. The number of rotatable bonds is 4. The highest BCUT2D eigenvalue weighted by Crippen LogP contribution is 2.29. The molecule has 7 heteroatoms. The lowest BCUT2D eigenvalue weighted by atomic mass is 10.0. The van der Waals surface area contributed by atoms with E-state index in [9.17, 15) is 14.4 Å². The Hall–Kier alpha value is -2.31. The molecule has 3 N–H and O–H groups in total. The van der Waals surface area contributed by atoms with Gasteiger partial charge < -0.3 is 19.7 Å². The van der Waals surface area contributed by atoms with Crippen LogP contribution in [0.4, 0.5) is 0 Å². The summed E-state index contributed by atoms with van der Waals surface area (Å²) < 4.78 is 4.83. The highest BCUT2D eigenvalue weighted by atomic mass is 16.4. The Labute approximate surface area is 95.3 Å². The second-order valence-corrected chi connectivity index (χ2v) is 3.62. The molecule has 1 aromatic rings. The molecule has 0 spiro atoms. The van der Waals surface area contributed by atoms with Gasteiger partial charge in [0.05, 0.1) is 0 Å². The summed E-state index contributed by atoms with van der Waals surface area (Å²) in [5.41, 5.74) is -1.43. The minimum Gasteiger partial charge on any atom is -0.478 e. The lowest BCUT2D eigenvalue weighted by Crippen LogP contribution is -2.11. The number of carboxylic acids is 3. The van der Waals surface area contributed by atoms with Crippen LogP contribution < -0.4 is 0 Å². The van der Waals surface area contributed by atoms with Gasteiger partial charge in [0.2, 0.25) is 5.76 Å². The fraction of sp³-hybridized carbons (Fsp3) is 0.300. The molecular weight excluding hydrogens is 232 g/mol. The average molecular weight is 242 g/mol. The third-order valence-corrected chi connectivity index (χ3v) is 2.08. The fourth-order valence-corrected chi connectivity index (χ4v) is 1.42. The van der Waals surface area contributed by atoms with Gasteiger partial charge in [0.25, 0.3) is 0 Å². The Morgan fingerprint density at radius 1 is 0.941 bits per heavy atom. The predicted molar refractivity (Wildman–Crippen MR) is 53.7 cm³/mol. The number of carboxylic acid groups (broad SMARTS) is 3. The van der Waals surface area contributed by atoms with Crippen molar-refractivity contribution in [3.8, 4) is 0 Å². The van der Waals surface area contributed by atoms with Crippen LogP contribution in [0.15, 0.2) is 4.42 Å². The van der Waals surface area contributed by atoms with Crippen LogP contribution in [0.2, 0.25) is 0 Å². The highest BCUT2D eigenvalue weighted by molar-refractivity contribution is 6.08. The quantitative estimate of drug-likeness (QED) is 0.730. The highest BCUT2D eigenvalue weighted by Gasteiger charge is 2.33. The van der Waals surface area contributed by atoms with Crippen LogP contribution in [0.1, 0.15) is 56.8 Å². The Balaban J connectivity index is 3.67. The van der Waals surface area contributed by atoms with Crippen LogP contribution in [-0.2, 0) is 0 Å². The van der Waals surface area contributed by atoms with E-state index in [1.807, 2.05) is 0 Å². The van der Waals surface area contributed by atoms with Gasteiger partial charge in [-0.3, -0.25) is 0 Å². The third-order valence-electron chi connectivity index (χ3n) is 2.08. The zero-order chi connectivity index (χ0) is 13.3. The molecule has 0 aliphatic rings. The Bertz CT molecular complexity index is 495. The van der Waals surface area contributed by atoms with Crippen LogP contribution in [-0.4, -0.2) is 33.2 Å². The van der Waals surface area contributed by atoms with Crippen molar-refractivity contribution in [1.29, 1.82) is 0 Å². The maximum absolute atomic E-state index is 11.0. The zero-order valence-corrected chi connectivity index (χ0v) is 9.05. The number of hydrogen-bond donors (Lipinski definition) is 3. The molecule has 1 heterocycles. The summed E-state index contributed by atoms with van der Waals surface area (Å²) in [6, 6.07) is 0. The molecular formula is C10H10O7. The van der Waals surface area contributed by atoms with Gasteiger partial charge in [-0.1, -0.05) is 13.8 Å². The fourth-order valence-electron chi connectivity index (χ4n) is 1.42. The summed E-state index contributed by atoms with van der Waals surface area (Å²) in [5.74, 6) is -6.24. The Morgan fingerprint density at radius 3 is 1.71 bits per heavy atom. The molecule has 0 fully saturated rings. The van der Waals surface area contributed by atoms with Gasteiger partial charge in [0.1, 0.15) is 16.9 Å². The van der Waals surface area contributed by atoms with Gasteiger partial charge in [-0.2, -0.15) is 0 Å². The summed E-state index contributed by atoms with van der Waals surface area (Å²) in [7, 11) is 0.